The fourth-order valence-electron chi connectivity index (χ4n) is 3.00. The van der Waals surface area contributed by atoms with Crippen LogP contribution >= 0.6 is 0 Å². The number of aliphatic carboxylic acids is 1. The molecule has 2 N–H and O–H groups in total. The van der Waals surface area contributed by atoms with E-state index in [0.29, 0.717) is 12.3 Å². The molecule has 5 heteroatoms. The van der Waals surface area contributed by atoms with E-state index in [1.54, 1.807) is 0 Å². The Morgan fingerprint density at radius 1 is 1.29 bits per heavy atom. The van der Waals surface area contributed by atoms with Gasteiger partial charge in [0.1, 0.15) is 0 Å². The average Bonchev–Trinajstić information content (AvgIpc) is 2.37. The van der Waals surface area contributed by atoms with Gasteiger partial charge in [0.05, 0.1) is 6.42 Å². The van der Waals surface area contributed by atoms with E-state index in [4.69, 9.17) is 5.11 Å². The van der Waals surface area contributed by atoms with Crippen LogP contribution in [0.4, 0.5) is 4.79 Å². The molecule has 0 bridgehead atoms. The SMILES string of the molecule is CCCC(CC(=O)O)NC(=O)N1CCC(C(C)(C)C)CC1. The van der Waals surface area contributed by atoms with Crippen LogP contribution in [0.5, 0.6) is 0 Å². The van der Waals surface area contributed by atoms with Gasteiger partial charge < -0.3 is 15.3 Å². The van der Waals surface area contributed by atoms with E-state index < -0.39 is 5.97 Å². The molecule has 122 valence electrons. The highest BCUT2D eigenvalue weighted by molar-refractivity contribution is 5.76. The summed E-state index contributed by atoms with van der Waals surface area (Å²) in [6.07, 6.45) is 3.61. The van der Waals surface area contributed by atoms with Crippen LogP contribution in [0.2, 0.25) is 0 Å². The number of urea groups is 1. The van der Waals surface area contributed by atoms with E-state index in [1.165, 1.54) is 0 Å². The highest BCUT2D eigenvalue weighted by Crippen LogP contribution is 2.34. The van der Waals surface area contributed by atoms with E-state index in [2.05, 4.69) is 26.1 Å². The molecule has 0 aromatic carbocycles. The van der Waals surface area contributed by atoms with Crippen molar-refractivity contribution in [2.45, 2.75) is 65.8 Å². The number of piperidine rings is 1. The molecule has 0 aliphatic carbocycles. The van der Waals surface area contributed by atoms with Crippen molar-refractivity contribution in [2.75, 3.05) is 13.1 Å². The molecule has 0 radical (unpaired) electrons. The third-order valence-electron chi connectivity index (χ3n) is 4.39. The fourth-order valence-corrected chi connectivity index (χ4v) is 3.00. The van der Waals surface area contributed by atoms with Gasteiger partial charge in [-0.2, -0.15) is 0 Å². The van der Waals surface area contributed by atoms with Gasteiger partial charge in [0.15, 0.2) is 0 Å². The Kier molecular flexibility index (Phi) is 6.49. The van der Waals surface area contributed by atoms with Crippen molar-refractivity contribution in [3.8, 4) is 0 Å². The first-order chi connectivity index (χ1) is 9.74. The van der Waals surface area contributed by atoms with Crippen LogP contribution in [-0.2, 0) is 4.79 Å². The Hall–Kier alpha value is -1.26. The molecule has 1 atom stereocenters. The minimum atomic E-state index is -0.861. The lowest BCUT2D eigenvalue weighted by atomic mass is 9.75. The number of nitrogens with zero attached hydrogens (tertiary/aromatic N) is 1. The van der Waals surface area contributed by atoms with Gasteiger partial charge in [-0.15, -0.1) is 0 Å². The summed E-state index contributed by atoms with van der Waals surface area (Å²) in [6, 6.07) is -0.373. The Bertz CT molecular complexity index is 355. The second-order valence-electron chi connectivity index (χ2n) is 7.16. The Labute approximate surface area is 128 Å². The summed E-state index contributed by atoms with van der Waals surface area (Å²) in [5.41, 5.74) is 0.288. The van der Waals surface area contributed by atoms with Crippen molar-refractivity contribution in [1.82, 2.24) is 10.2 Å². The predicted octanol–water partition coefficient (Wildman–Crippen LogP) is 3.10. The molecule has 1 heterocycles. The number of nitrogens with one attached hydrogen (secondary N) is 1. The molecule has 5 nitrogen and oxygen atoms in total. The number of likely N-dealkylation sites (tertiary alicyclic amines) is 1. The maximum absolute atomic E-state index is 12.2. The van der Waals surface area contributed by atoms with Crippen LogP contribution in [0.25, 0.3) is 0 Å². The summed E-state index contributed by atoms with van der Waals surface area (Å²) in [6.45, 7) is 10.3. The Balaban J connectivity index is 2.47. The molecule has 0 aromatic heterocycles. The molecule has 1 saturated heterocycles. The van der Waals surface area contributed by atoms with E-state index in [-0.39, 0.29) is 23.9 Å². The Morgan fingerprint density at radius 2 is 1.86 bits per heavy atom. The van der Waals surface area contributed by atoms with Crippen LogP contribution in [-0.4, -0.2) is 41.1 Å². The number of rotatable bonds is 5. The molecule has 1 rings (SSSR count). The maximum Gasteiger partial charge on any atom is 0.317 e. The Morgan fingerprint density at radius 3 is 2.29 bits per heavy atom. The third-order valence-corrected chi connectivity index (χ3v) is 4.39. The van der Waals surface area contributed by atoms with Gasteiger partial charge in [0.2, 0.25) is 0 Å². The molecule has 1 unspecified atom stereocenters. The van der Waals surface area contributed by atoms with Crippen molar-refractivity contribution in [3.63, 3.8) is 0 Å². The van der Waals surface area contributed by atoms with Crippen molar-refractivity contribution >= 4 is 12.0 Å². The van der Waals surface area contributed by atoms with Crippen molar-refractivity contribution < 1.29 is 14.7 Å². The lowest BCUT2D eigenvalue weighted by molar-refractivity contribution is -0.137. The summed E-state index contributed by atoms with van der Waals surface area (Å²) in [4.78, 5) is 24.9. The molecule has 0 aromatic rings. The van der Waals surface area contributed by atoms with Crippen LogP contribution in [0.15, 0.2) is 0 Å². The number of carbonyl (C=O) groups is 2. The minimum Gasteiger partial charge on any atom is -0.481 e. The molecule has 0 spiro atoms. The number of hydrogen-bond acceptors (Lipinski definition) is 2. The van der Waals surface area contributed by atoms with Gasteiger partial charge in [0.25, 0.3) is 0 Å². The lowest BCUT2D eigenvalue weighted by Gasteiger charge is -2.39. The first kappa shape index (κ1) is 17.8. The average molecular weight is 298 g/mol. The number of carbonyl (C=O) groups excluding carboxylic acids is 1. The fraction of sp³-hybridized carbons (Fsp3) is 0.875. The van der Waals surface area contributed by atoms with Crippen molar-refractivity contribution in [2.24, 2.45) is 11.3 Å². The number of carboxylic acids is 1. The van der Waals surface area contributed by atoms with Crippen LogP contribution in [0.1, 0.15) is 59.8 Å². The zero-order valence-electron chi connectivity index (χ0n) is 13.8. The van der Waals surface area contributed by atoms with E-state index in [1.807, 2.05) is 11.8 Å². The summed E-state index contributed by atoms with van der Waals surface area (Å²) < 4.78 is 0. The summed E-state index contributed by atoms with van der Waals surface area (Å²) in [5.74, 6) is -0.216. The molecule has 1 fully saturated rings. The molecule has 0 saturated carbocycles. The van der Waals surface area contributed by atoms with Gasteiger partial charge in [-0.1, -0.05) is 34.1 Å². The van der Waals surface area contributed by atoms with E-state index in [0.717, 1.165) is 32.4 Å². The predicted molar refractivity (Wildman–Crippen MR) is 83.2 cm³/mol. The van der Waals surface area contributed by atoms with E-state index >= 15 is 0 Å². The third kappa shape index (κ3) is 5.94. The van der Waals surface area contributed by atoms with Gasteiger partial charge in [0, 0.05) is 19.1 Å². The van der Waals surface area contributed by atoms with Crippen molar-refractivity contribution in [3.05, 3.63) is 0 Å². The molecule has 2 amide bonds. The van der Waals surface area contributed by atoms with Gasteiger partial charge in [-0.05, 0) is 30.6 Å². The number of carboxylic acid groups (broad SMARTS) is 1. The normalized spacial score (nSPS) is 18.4. The largest absolute Gasteiger partial charge is 0.481 e. The molecular formula is C16H30N2O3. The first-order valence-corrected chi connectivity index (χ1v) is 8.01. The smallest absolute Gasteiger partial charge is 0.317 e. The van der Waals surface area contributed by atoms with Gasteiger partial charge in [-0.3, -0.25) is 4.79 Å². The molecule has 1 aliphatic heterocycles. The van der Waals surface area contributed by atoms with Gasteiger partial charge >= 0.3 is 12.0 Å². The standard InChI is InChI=1S/C16H30N2O3/c1-5-6-13(11-14(19)20)17-15(21)18-9-7-12(8-10-18)16(2,3)4/h12-13H,5-11H2,1-4H3,(H,17,21)(H,19,20). The molecular weight excluding hydrogens is 268 g/mol. The summed E-state index contributed by atoms with van der Waals surface area (Å²) in [7, 11) is 0. The quantitative estimate of drug-likeness (QED) is 0.819. The van der Waals surface area contributed by atoms with Crippen LogP contribution < -0.4 is 5.32 Å². The number of hydrogen-bond donors (Lipinski definition) is 2. The molecule has 1 aliphatic rings. The van der Waals surface area contributed by atoms with Gasteiger partial charge in [-0.25, -0.2) is 4.79 Å². The maximum atomic E-state index is 12.2. The second kappa shape index (κ2) is 7.66. The second-order valence-corrected chi connectivity index (χ2v) is 7.16. The molecule has 21 heavy (non-hydrogen) atoms. The highest BCUT2D eigenvalue weighted by Gasteiger charge is 2.30. The van der Waals surface area contributed by atoms with Crippen molar-refractivity contribution in [1.29, 1.82) is 0 Å². The summed E-state index contributed by atoms with van der Waals surface area (Å²) >= 11 is 0. The zero-order valence-corrected chi connectivity index (χ0v) is 13.8. The van der Waals surface area contributed by atoms with Crippen LogP contribution in [0.3, 0.4) is 0 Å². The number of amides is 2. The topological polar surface area (TPSA) is 69.6 Å². The monoisotopic (exact) mass is 298 g/mol. The summed E-state index contributed by atoms with van der Waals surface area (Å²) in [5, 5.41) is 11.8. The minimum absolute atomic E-state index is 0.00195. The lowest BCUT2D eigenvalue weighted by Crippen LogP contribution is -2.49. The van der Waals surface area contributed by atoms with Crippen LogP contribution in [0, 0.1) is 11.3 Å². The van der Waals surface area contributed by atoms with E-state index in [9.17, 15) is 9.59 Å². The first-order valence-electron chi connectivity index (χ1n) is 8.01. The zero-order chi connectivity index (χ0) is 16.0. The highest BCUT2D eigenvalue weighted by atomic mass is 16.4.